The molecule has 2 atom stereocenters. The van der Waals surface area contributed by atoms with Crippen LogP contribution >= 0.6 is 0 Å². The quantitative estimate of drug-likeness (QED) is 0.828. The summed E-state index contributed by atoms with van der Waals surface area (Å²) in [5, 5.41) is 8.86. The summed E-state index contributed by atoms with van der Waals surface area (Å²) < 4.78 is 70.7. The third-order valence-electron chi connectivity index (χ3n) is 3.89. The molecule has 0 radical (unpaired) electrons. The van der Waals surface area contributed by atoms with Crippen molar-refractivity contribution >= 4 is 9.84 Å². The van der Waals surface area contributed by atoms with Crippen molar-refractivity contribution < 1.29 is 26.3 Å². The van der Waals surface area contributed by atoms with E-state index in [2.05, 4.69) is 0 Å². The molecule has 0 aromatic heterocycles. The number of nitrogens with zero attached hydrogens (tertiary/aromatic N) is 1. The molecule has 0 aliphatic heterocycles. The summed E-state index contributed by atoms with van der Waals surface area (Å²) >= 11 is 0. The summed E-state index contributed by atoms with van der Waals surface area (Å²) in [6.45, 7) is 0. The van der Waals surface area contributed by atoms with Gasteiger partial charge in [0.05, 0.1) is 16.5 Å². The zero-order valence-corrected chi connectivity index (χ0v) is 13.8. The molecule has 0 bridgehead atoms. The van der Waals surface area contributed by atoms with Gasteiger partial charge >= 0.3 is 0 Å². The van der Waals surface area contributed by atoms with Gasteiger partial charge in [-0.3, -0.25) is 0 Å². The average Bonchev–Trinajstić information content (AvgIpc) is 2.81. The lowest BCUT2D eigenvalue weighted by molar-refractivity contribution is 0.185. The lowest BCUT2D eigenvalue weighted by Crippen LogP contribution is -2.04. The maximum Gasteiger partial charge on any atom is 0.175 e. The Morgan fingerprint density at radius 1 is 1.24 bits per heavy atom. The highest BCUT2D eigenvalue weighted by Crippen LogP contribution is 2.45. The van der Waals surface area contributed by atoms with Gasteiger partial charge in [0, 0.05) is 24.3 Å². The van der Waals surface area contributed by atoms with E-state index in [0.717, 1.165) is 18.4 Å². The molecule has 0 saturated heterocycles. The van der Waals surface area contributed by atoms with Crippen LogP contribution in [0.25, 0.3) is 0 Å². The Bertz CT molecular complexity index is 999. The molecule has 1 aliphatic carbocycles. The van der Waals surface area contributed by atoms with Crippen LogP contribution in [0.15, 0.2) is 35.2 Å². The number of hydrogen-bond donors (Lipinski definition) is 0. The summed E-state index contributed by atoms with van der Waals surface area (Å²) in [6, 6.07) is 7.41. The summed E-state index contributed by atoms with van der Waals surface area (Å²) in [5.41, 5.74) is -0.172. The molecule has 2 aromatic carbocycles. The van der Waals surface area contributed by atoms with Gasteiger partial charge in [0.1, 0.15) is 23.5 Å². The standard InChI is InChI=1S/C17H12F3NO3S/c1-25(22,23)15-3-2-14(16-12(15)7-13(19)17(16)20)24-11-5-9(8-21)4-10(18)6-11/h2-6,13,17H,7H2,1H3. The van der Waals surface area contributed by atoms with Crippen molar-refractivity contribution in [2.75, 3.05) is 6.26 Å². The largest absolute Gasteiger partial charge is 0.457 e. The topological polar surface area (TPSA) is 67.2 Å². The molecule has 8 heteroatoms. The molecule has 3 rings (SSSR count). The van der Waals surface area contributed by atoms with Crippen LogP contribution in [0, 0.1) is 17.1 Å². The van der Waals surface area contributed by atoms with Gasteiger partial charge in [-0.15, -0.1) is 0 Å². The molecule has 2 aromatic rings. The zero-order chi connectivity index (χ0) is 18.4. The lowest BCUT2D eigenvalue weighted by atomic mass is 10.1. The van der Waals surface area contributed by atoms with Crippen molar-refractivity contribution in [2.45, 2.75) is 23.7 Å². The molecule has 4 nitrogen and oxygen atoms in total. The summed E-state index contributed by atoms with van der Waals surface area (Å²) in [6.07, 6.45) is -3.37. The van der Waals surface area contributed by atoms with Crippen molar-refractivity contribution in [3.05, 3.63) is 52.8 Å². The van der Waals surface area contributed by atoms with Gasteiger partial charge in [-0.1, -0.05) is 0 Å². The van der Waals surface area contributed by atoms with E-state index in [9.17, 15) is 21.6 Å². The summed E-state index contributed by atoms with van der Waals surface area (Å²) in [4.78, 5) is -0.158. The second kappa shape index (κ2) is 6.08. The molecule has 130 valence electrons. The smallest absolute Gasteiger partial charge is 0.175 e. The van der Waals surface area contributed by atoms with E-state index in [0.29, 0.717) is 0 Å². The van der Waals surface area contributed by atoms with Crippen molar-refractivity contribution in [3.8, 4) is 17.6 Å². The molecule has 0 fully saturated rings. The first-order valence-corrected chi connectivity index (χ1v) is 9.12. The third-order valence-corrected chi connectivity index (χ3v) is 5.08. The molecular weight excluding hydrogens is 355 g/mol. The maximum atomic E-state index is 14.3. The normalized spacial score (nSPS) is 19.3. The highest BCUT2D eigenvalue weighted by atomic mass is 32.2. The highest BCUT2D eigenvalue weighted by Gasteiger charge is 2.39. The molecule has 1 aliphatic rings. The maximum absolute atomic E-state index is 14.3. The van der Waals surface area contributed by atoms with Gasteiger partial charge in [-0.25, -0.2) is 21.6 Å². The van der Waals surface area contributed by atoms with E-state index in [4.69, 9.17) is 10.00 Å². The Morgan fingerprint density at radius 3 is 2.60 bits per heavy atom. The molecule has 2 unspecified atom stereocenters. The van der Waals surface area contributed by atoms with Crippen LogP contribution < -0.4 is 4.74 Å². The first-order valence-electron chi connectivity index (χ1n) is 7.23. The first-order chi connectivity index (χ1) is 11.7. The Hall–Kier alpha value is -2.53. The molecule has 0 amide bonds. The van der Waals surface area contributed by atoms with E-state index >= 15 is 0 Å². The predicted octanol–water partition coefficient (Wildman–Crippen LogP) is 3.80. The number of ether oxygens (including phenoxy) is 1. The number of halogens is 3. The number of benzene rings is 2. The summed E-state index contributed by atoms with van der Waals surface area (Å²) in [5.74, 6) is -0.900. The predicted molar refractivity (Wildman–Crippen MR) is 83.2 cm³/mol. The fourth-order valence-electron chi connectivity index (χ4n) is 2.86. The fraction of sp³-hybridized carbons (Fsp3) is 0.235. The van der Waals surface area contributed by atoms with Gasteiger partial charge in [-0.2, -0.15) is 5.26 Å². The van der Waals surface area contributed by atoms with E-state index in [1.165, 1.54) is 18.2 Å². The number of hydrogen-bond acceptors (Lipinski definition) is 4. The van der Waals surface area contributed by atoms with Crippen molar-refractivity contribution in [1.29, 1.82) is 5.26 Å². The average molecular weight is 367 g/mol. The minimum Gasteiger partial charge on any atom is -0.457 e. The monoisotopic (exact) mass is 367 g/mol. The zero-order valence-electron chi connectivity index (χ0n) is 13.0. The molecule has 25 heavy (non-hydrogen) atoms. The van der Waals surface area contributed by atoms with E-state index in [1.54, 1.807) is 6.07 Å². The van der Waals surface area contributed by atoms with Crippen molar-refractivity contribution in [3.63, 3.8) is 0 Å². The van der Waals surface area contributed by atoms with Crippen molar-refractivity contribution in [1.82, 2.24) is 0 Å². The van der Waals surface area contributed by atoms with E-state index in [1.807, 2.05) is 0 Å². The van der Waals surface area contributed by atoms with Crippen LogP contribution in [-0.2, 0) is 16.3 Å². The van der Waals surface area contributed by atoms with E-state index in [-0.39, 0.29) is 39.5 Å². The minimum atomic E-state index is -3.67. The Labute approximate surface area is 142 Å². The molecule has 0 heterocycles. The molecule has 0 N–H and O–H groups in total. The lowest BCUT2D eigenvalue weighted by Gasteiger charge is -2.14. The number of nitriles is 1. The Balaban J connectivity index is 2.12. The third kappa shape index (κ3) is 3.20. The fourth-order valence-corrected chi connectivity index (χ4v) is 3.82. The van der Waals surface area contributed by atoms with Crippen LogP contribution in [-0.4, -0.2) is 20.8 Å². The Kier molecular flexibility index (Phi) is 4.21. The second-order valence-electron chi connectivity index (χ2n) is 5.74. The summed E-state index contributed by atoms with van der Waals surface area (Å²) in [7, 11) is -3.67. The number of fused-ring (bicyclic) bond motifs is 1. The number of alkyl halides is 2. The number of sulfone groups is 1. The van der Waals surface area contributed by atoms with Gasteiger partial charge in [0.2, 0.25) is 0 Å². The minimum absolute atomic E-state index is 0.000400. The SMILES string of the molecule is CS(=O)(=O)c1ccc(Oc2cc(F)cc(C#N)c2)c2c1CC(F)C2F. The Morgan fingerprint density at radius 2 is 1.96 bits per heavy atom. The van der Waals surface area contributed by atoms with Gasteiger partial charge in [-0.05, 0) is 29.8 Å². The van der Waals surface area contributed by atoms with Gasteiger partial charge < -0.3 is 4.74 Å². The van der Waals surface area contributed by atoms with Gasteiger partial charge in [0.25, 0.3) is 0 Å². The molecular formula is C17H12F3NO3S. The molecule has 0 saturated carbocycles. The van der Waals surface area contributed by atoms with Crippen LogP contribution in [0.2, 0.25) is 0 Å². The second-order valence-corrected chi connectivity index (χ2v) is 7.72. The van der Waals surface area contributed by atoms with Crippen LogP contribution in [0.5, 0.6) is 11.5 Å². The van der Waals surface area contributed by atoms with Crippen LogP contribution in [0.4, 0.5) is 13.2 Å². The van der Waals surface area contributed by atoms with Crippen LogP contribution in [0.3, 0.4) is 0 Å². The van der Waals surface area contributed by atoms with Gasteiger partial charge in [0.15, 0.2) is 16.0 Å². The van der Waals surface area contributed by atoms with Crippen LogP contribution in [0.1, 0.15) is 22.9 Å². The highest BCUT2D eigenvalue weighted by molar-refractivity contribution is 7.90. The number of rotatable bonds is 3. The molecule has 0 spiro atoms. The first kappa shape index (κ1) is 17.3. The van der Waals surface area contributed by atoms with E-state index < -0.39 is 28.0 Å². The van der Waals surface area contributed by atoms with Crippen molar-refractivity contribution in [2.24, 2.45) is 0 Å².